The number of nitrogens with zero attached hydrogens (tertiary/aromatic N) is 1. The fourth-order valence-corrected chi connectivity index (χ4v) is 3.37. The Morgan fingerprint density at radius 1 is 1.11 bits per heavy atom. The number of carbonyl (C=O) groups is 2. The van der Waals surface area contributed by atoms with Crippen molar-refractivity contribution >= 4 is 17.5 Å². The lowest BCUT2D eigenvalue weighted by Crippen LogP contribution is -2.31. The van der Waals surface area contributed by atoms with Gasteiger partial charge in [-0.05, 0) is 49.7 Å². The molecule has 0 bridgehead atoms. The lowest BCUT2D eigenvalue weighted by molar-refractivity contribution is -0.122. The van der Waals surface area contributed by atoms with Gasteiger partial charge in [0, 0.05) is 31.1 Å². The van der Waals surface area contributed by atoms with E-state index in [1.54, 1.807) is 0 Å². The van der Waals surface area contributed by atoms with E-state index in [1.807, 2.05) is 50.5 Å². The Balaban J connectivity index is 1.44. The van der Waals surface area contributed by atoms with Gasteiger partial charge in [0.05, 0.1) is 0 Å². The van der Waals surface area contributed by atoms with E-state index in [9.17, 15) is 9.59 Å². The summed E-state index contributed by atoms with van der Waals surface area (Å²) in [7, 11) is 4.08. The molecule has 2 amide bonds. The minimum Gasteiger partial charge on any atom is -0.352 e. The van der Waals surface area contributed by atoms with E-state index in [1.165, 1.54) is 5.56 Å². The van der Waals surface area contributed by atoms with Gasteiger partial charge in [0.15, 0.2) is 0 Å². The predicted molar refractivity (Wildman–Crippen MR) is 107 cm³/mol. The molecule has 1 unspecified atom stereocenters. The molecule has 0 aromatic heterocycles. The summed E-state index contributed by atoms with van der Waals surface area (Å²) in [5.74, 6) is -0.145. The summed E-state index contributed by atoms with van der Waals surface area (Å²) in [6.07, 6.45) is 1.62. The monoisotopic (exact) mass is 365 g/mol. The highest BCUT2D eigenvalue weighted by Gasteiger charge is 2.26. The molecule has 0 radical (unpaired) electrons. The fourth-order valence-electron chi connectivity index (χ4n) is 3.37. The van der Waals surface area contributed by atoms with Crippen molar-refractivity contribution in [1.29, 1.82) is 0 Å². The maximum Gasteiger partial charge on any atom is 0.227 e. The minimum atomic E-state index is -0.143. The van der Waals surface area contributed by atoms with E-state index >= 15 is 0 Å². The molecule has 1 atom stereocenters. The molecule has 0 saturated heterocycles. The highest BCUT2D eigenvalue weighted by Crippen LogP contribution is 2.27. The normalized spacial score (nSPS) is 16.0. The summed E-state index contributed by atoms with van der Waals surface area (Å²) in [6.45, 7) is 1.42. The number of para-hydroxylation sites is 1. The van der Waals surface area contributed by atoms with E-state index in [0.29, 0.717) is 25.8 Å². The second kappa shape index (κ2) is 8.82. The van der Waals surface area contributed by atoms with Gasteiger partial charge in [0.2, 0.25) is 11.8 Å². The highest BCUT2D eigenvalue weighted by atomic mass is 16.2. The van der Waals surface area contributed by atoms with E-state index in [-0.39, 0.29) is 17.7 Å². The van der Waals surface area contributed by atoms with Crippen LogP contribution in [-0.4, -0.2) is 30.8 Å². The molecule has 5 heteroatoms. The van der Waals surface area contributed by atoms with Gasteiger partial charge in [-0.2, -0.15) is 0 Å². The summed E-state index contributed by atoms with van der Waals surface area (Å²) >= 11 is 0. The maximum atomic E-state index is 12.2. The van der Waals surface area contributed by atoms with Crippen molar-refractivity contribution in [3.8, 4) is 0 Å². The molecule has 1 heterocycles. The molecule has 2 aromatic rings. The van der Waals surface area contributed by atoms with Gasteiger partial charge in [-0.25, -0.2) is 0 Å². The molecule has 27 heavy (non-hydrogen) atoms. The van der Waals surface area contributed by atoms with Crippen molar-refractivity contribution in [3.05, 3.63) is 65.2 Å². The van der Waals surface area contributed by atoms with Gasteiger partial charge >= 0.3 is 0 Å². The zero-order valence-corrected chi connectivity index (χ0v) is 16.0. The number of rotatable bonds is 7. The lowest BCUT2D eigenvalue weighted by atomic mass is 9.89. The quantitative estimate of drug-likeness (QED) is 0.793. The summed E-state index contributed by atoms with van der Waals surface area (Å²) in [5, 5.41) is 5.89. The molecule has 5 nitrogen and oxygen atoms in total. The molecule has 2 N–H and O–H groups in total. The van der Waals surface area contributed by atoms with Crippen molar-refractivity contribution < 1.29 is 9.59 Å². The Morgan fingerprint density at radius 2 is 1.81 bits per heavy atom. The smallest absolute Gasteiger partial charge is 0.227 e. The van der Waals surface area contributed by atoms with Gasteiger partial charge in [-0.3, -0.25) is 9.59 Å². The van der Waals surface area contributed by atoms with Crippen molar-refractivity contribution in [2.24, 2.45) is 5.92 Å². The number of carbonyl (C=O) groups excluding carboxylic acids is 2. The molecule has 2 aromatic carbocycles. The Kier molecular flexibility index (Phi) is 6.24. The van der Waals surface area contributed by atoms with Crippen LogP contribution in [0.1, 0.15) is 29.5 Å². The Hall–Kier alpha value is -2.66. The number of nitrogens with one attached hydrogen (secondary N) is 2. The highest BCUT2D eigenvalue weighted by molar-refractivity contribution is 5.96. The molecule has 0 spiro atoms. The second-order valence-electron chi connectivity index (χ2n) is 7.42. The molecule has 3 rings (SSSR count). The molecule has 142 valence electrons. The number of hydrogen-bond donors (Lipinski definition) is 2. The van der Waals surface area contributed by atoms with E-state index in [0.717, 1.165) is 23.4 Å². The van der Waals surface area contributed by atoms with E-state index in [4.69, 9.17) is 0 Å². The van der Waals surface area contributed by atoms with E-state index < -0.39 is 0 Å². The third kappa shape index (κ3) is 5.41. The van der Waals surface area contributed by atoms with Crippen LogP contribution in [0.25, 0.3) is 0 Å². The van der Waals surface area contributed by atoms with E-state index in [2.05, 4.69) is 27.7 Å². The molecule has 1 aliphatic rings. The average molecular weight is 365 g/mol. The predicted octanol–water partition coefficient (Wildman–Crippen LogP) is 2.96. The molecular weight excluding hydrogens is 338 g/mol. The number of amides is 2. The number of benzene rings is 2. The van der Waals surface area contributed by atoms with Gasteiger partial charge in [-0.1, -0.05) is 42.5 Å². The number of anilines is 1. The Morgan fingerprint density at radius 3 is 2.56 bits per heavy atom. The largest absolute Gasteiger partial charge is 0.352 e. The first-order valence-electron chi connectivity index (χ1n) is 9.39. The Bertz CT molecular complexity index is 799. The lowest BCUT2D eigenvalue weighted by Gasteiger charge is -2.24. The van der Waals surface area contributed by atoms with Gasteiger partial charge < -0.3 is 15.5 Å². The van der Waals surface area contributed by atoms with Crippen molar-refractivity contribution in [1.82, 2.24) is 10.2 Å². The van der Waals surface area contributed by atoms with Crippen LogP contribution in [0.15, 0.2) is 48.5 Å². The van der Waals surface area contributed by atoms with Crippen LogP contribution < -0.4 is 10.6 Å². The SMILES string of the molecule is CN(C)Cc1ccc(CNC(=O)CCC2Cc3ccccc3NC2=O)cc1. The third-order valence-corrected chi connectivity index (χ3v) is 4.84. The molecule has 0 aliphatic carbocycles. The summed E-state index contributed by atoms with van der Waals surface area (Å²) in [5.41, 5.74) is 4.36. The first-order valence-corrected chi connectivity index (χ1v) is 9.39. The van der Waals surface area contributed by atoms with Crippen LogP contribution in [0.5, 0.6) is 0 Å². The molecule has 0 fully saturated rings. The van der Waals surface area contributed by atoms with Crippen LogP contribution in [0, 0.1) is 5.92 Å². The van der Waals surface area contributed by atoms with Crippen LogP contribution in [-0.2, 0) is 29.1 Å². The van der Waals surface area contributed by atoms with Crippen molar-refractivity contribution in [2.75, 3.05) is 19.4 Å². The van der Waals surface area contributed by atoms with Crippen molar-refractivity contribution in [3.63, 3.8) is 0 Å². The standard InChI is InChI=1S/C22H27N3O2/c1-25(2)15-17-9-7-16(8-10-17)14-23-21(26)12-11-19-13-18-5-3-4-6-20(18)24-22(19)27/h3-10,19H,11-15H2,1-2H3,(H,23,26)(H,24,27). The first kappa shape index (κ1) is 19.1. The zero-order chi connectivity index (χ0) is 19.2. The zero-order valence-electron chi connectivity index (χ0n) is 16.0. The van der Waals surface area contributed by atoms with Crippen LogP contribution in [0.3, 0.4) is 0 Å². The number of hydrogen-bond acceptors (Lipinski definition) is 3. The van der Waals surface area contributed by atoms with Gasteiger partial charge in [0.1, 0.15) is 0 Å². The third-order valence-electron chi connectivity index (χ3n) is 4.84. The maximum absolute atomic E-state index is 12.2. The second-order valence-corrected chi connectivity index (χ2v) is 7.42. The fraction of sp³-hybridized carbons (Fsp3) is 0.364. The number of fused-ring (bicyclic) bond motifs is 1. The van der Waals surface area contributed by atoms with Crippen LogP contribution in [0.2, 0.25) is 0 Å². The summed E-state index contributed by atoms with van der Waals surface area (Å²) < 4.78 is 0. The molecular formula is C22H27N3O2. The summed E-state index contributed by atoms with van der Waals surface area (Å²) in [4.78, 5) is 26.5. The molecule has 1 aliphatic heterocycles. The summed E-state index contributed by atoms with van der Waals surface area (Å²) in [6, 6.07) is 16.1. The van der Waals surface area contributed by atoms with Crippen LogP contribution in [0.4, 0.5) is 5.69 Å². The van der Waals surface area contributed by atoms with Gasteiger partial charge in [0.25, 0.3) is 0 Å². The van der Waals surface area contributed by atoms with Gasteiger partial charge in [-0.15, -0.1) is 0 Å². The first-order chi connectivity index (χ1) is 13.0. The average Bonchev–Trinajstić information content (AvgIpc) is 2.65. The van der Waals surface area contributed by atoms with Crippen LogP contribution >= 0.6 is 0 Å². The molecule has 0 saturated carbocycles. The minimum absolute atomic E-state index is 0.0120. The van der Waals surface area contributed by atoms with Crippen molar-refractivity contribution in [2.45, 2.75) is 32.4 Å². The Labute approximate surface area is 160 Å². The topological polar surface area (TPSA) is 61.4 Å².